The molecule has 1 aliphatic rings. The van der Waals surface area contributed by atoms with E-state index < -0.39 is 0 Å². The highest BCUT2D eigenvalue weighted by atomic mass is 16.6. The van der Waals surface area contributed by atoms with Gasteiger partial charge in [-0.1, -0.05) is 63.2 Å². The van der Waals surface area contributed by atoms with Crippen LogP contribution in [0.2, 0.25) is 0 Å². The molecule has 1 aromatic heterocycles. The third kappa shape index (κ3) is 5.85. The maximum absolute atomic E-state index is 13.2. The highest BCUT2D eigenvalue weighted by molar-refractivity contribution is 5.67. The Balaban J connectivity index is 1.64. The Morgan fingerprint density at radius 1 is 1.11 bits per heavy atom. The number of hydrogen-bond donors (Lipinski definition) is 0. The van der Waals surface area contributed by atoms with Crippen LogP contribution in [0.4, 0.5) is 4.79 Å². The Bertz CT molecular complexity index is 1130. The molecule has 2 aromatic carbocycles. The van der Waals surface area contributed by atoms with Crippen LogP contribution in [-0.4, -0.2) is 52.4 Å². The fourth-order valence-electron chi connectivity index (χ4n) is 4.58. The quantitative estimate of drug-likeness (QED) is 0.432. The van der Waals surface area contributed by atoms with E-state index in [2.05, 4.69) is 25.7 Å². The number of aromatic nitrogens is 2. The van der Waals surface area contributed by atoms with E-state index in [0.29, 0.717) is 19.0 Å². The number of likely N-dealkylation sites (N-methyl/N-ethyl adjacent to an activating group) is 1. The summed E-state index contributed by atoms with van der Waals surface area (Å²) in [4.78, 5) is 17.4. The average molecular weight is 477 g/mol. The maximum atomic E-state index is 13.2. The van der Waals surface area contributed by atoms with E-state index in [0.717, 1.165) is 48.7 Å². The third-order valence-electron chi connectivity index (χ3n) is 6.37. The van der Waals surface area contributed by atoms with Crippen molar-refractivity contribution in [3.05, 3.63) is 77.1 Å². The van der Waals surface area contributed by atoms with Crippen molar-refractivity contribution < 1.29 is 14.3 Å². The maximum Gasteiger partial charge on any atom is 0.410 e. The molecule has 0 spiro atoms. The van der Waals surface area contributed by atoms with Crippen molar-refractivity contribution >= 4 is 6.09 Å². The molecule has 0 saturated carbocycles. The molecule has 0 bridgehead atoms. The van der Waals surface area contributed by atoms with Crippen molar-refractivity contribution in [2.75, 3.05) is 26.7 Å². The van der Waals surface area contributed by atoms with Crippen molar-refractivity contribution in [2.24, 2.45) is 5.92 Å². The molecule has 7 nitrogen and oxygen atoms in total. The van der Waals surface area contributed by atoms with Crippen LogP contribution in [0.3, 0.4) is 0 Å². The van der Waals surface area contributed by atoms with Crippen molar-refractivity contribution in [1.29, 1.82) is 0 Å². The average Bonchev–Trinajstić information content (AvgIpc) is 3.24. The van der Waals surface area contributed by atoms with Gasteiger partial charge in [-0.05, 0) is 30.2 Å². The Hall–Kier alpha value is -3.32. The van der Waals surface area contributed by atoms with Crippen LogP contribution < -0.4 is 4.74 Å². The summed E-state index contributed by atoms with van der Waals surface area (Å²) in [5.41, 5.74) is 5.21. The number of amides is 1. The second-order valence-electron chi connectivity index (χ2n) is 9.39. The smallest absolute Gasteiger partial charge is 0.410 e. The van der Waals surface area contributed by atoms with E-state index in [-0.39, 0.29) is 12.7 Å². The van der Waals surface area contributed by atoms with E-state index in [9.17, 15) is 4.79 Å². The summed E-state index contributed by atoms with van der Waals surface area (Å²) in [7, 11) is 1.68. The second-order valence-corrected chi connectivity index (χ2v) is 9.39. The number of para-hydroxylation sites is 2. The molecule has 0 N–H and O–H groups in total. The lowest BCUT2D eigenvalue weighted by Gasteiger charge is -2.28. The highest BCUT2D eigenvalue weighted by Crippen LogP contribution is 2.30. The molecule has 7 heteroatoms. The summed E-state index contributed by atoms with van der Waals surface area (Å²) < 4.78 is 13.3. The predicted octanol–water partition coefficient (Wildman–Crippen LogP) is 5.05. The van der Waals surface area contributed by atoms with Crippen LogP contribution in [-0.2, 0) is 30.9 Å². The van der Waals surface area contributed by atoms with Crippen molar-refractivity contribution in [3.63, 3.8) is 0 Å². The van der Waals surface area contributed by atoms with E-state index in [1.165, 1.54) is 11.3 Å². The lowest BCUT2D eigenvalue weighted by atomic mass is 10.0. The van der Waals surface area contributed by atoms with Crippen molar-refractivity contribution in [1.82, 2.24) is 19.6 Å². The standard InChI is InChI=1S/C28H36N4O3/c1-5-30-16-15-25-23(18-30)24(29-32(25)26-13-9-10-14-27(26)34-4)19-31(17-21(2)3)28(33)35-20-22-11-7-6-8-12-22/h6-14,21H,5,15-20H2,1-4H3. The van der Waals surface area contributed by atoms with E-state index in [4.69, 9.17) is 14.6 Å². The Kier molecular flexibility index (Phi) is 8.08. The molecule has 0 aliphatic carbocycles. The fourth-order valence-corrected chi connectivity index (χ4v) is 4.58. The molecule has 0 atom stereocenters. The summed E-state index contributed by atoms with van der Waals surface area (Å²) in [6, 6.07) is 17.7. The van der Waals surface area contributed by atoms with Gasteiger partial charge in [-0.2, -0.15) is 5.10 Å². The predicted molar refractivity (Wildman–Crippen MR) is 137 cm³/mol. The number of nitrogens with zero attached hydrogens (tertiary/aromatic N) is 4. The van der Waals surface area contributed by atoms with E-state index in [1.54, 1.807) is 12.0 Å². The van der Waals surface area contributed by atoms with Crippen LogP contribution in [0.5, 0.6) is 5.75 Å². The Morgan fingerprint density at radius 2 is 1.86 bits per heavy atom. The topological polar surface area (TPSA) is 59.8 Å². The molecule has 0 saturated heterocycles. The molecule has 0 fully saturated rings. The number of benzene rings is 2. The first-order chi connectivity index (χ1) is 17.0. The summed E-state index contributed by atoms with van der Waals surface area (Å²) in [6.07, 6.45) is 0.586. The number of ether oxygens (including phenoxy) is 2. The highest BCUT2D eigenvalue weighted by Gasteiger charge is 2.28. The lowest BCUT2D eigenvalue weighted by Crippen LogP contribution is -2.35. The molecule has 186 valence electrons. The minimum Gasteiger partial charge on any atom is -0.494 e. The largest absolute Gasteiger partial charge is 0.494 e. The van der Waals surface area contributed by atoms with Gasteiger partial charge in [0.25, 0.3) is 0 Å². The van der Waals surface area contributed by atoms with Crippen LogP contribution in [0.25, 0.3) is 5.69 Å². The van der Waals surface area contributed by atoms with Crippen LogP contribution in [0.15, 0.2) is 54.6 Å². The molecule has 1 amide bonds. The number of fused-ring (bicyclic) bond motifs is 1. The van der Waals surface area contributed by atoms with E-state index in [1.807, 2.05) is 59.3 Å². The minimum absolute atomic E-state index is 0.256. The Labute approximate surface area is 208 Å². The van der Waals surface area contributed by atoms with Gasteiger partial charge in [-0.15, -0.1) is 0 Å². The first kappa shape index (κ1) is 24.8. The molecular weight excluding hydrogens is 440 g/mol. The van der Waals surface area contributed by atoms with E-state index >= 15 is 0 Å². The molecule has 0 unspecified atom stereocenters. The third-order valence-corrected chi connectivity index (χ3v) is 6.37. The molecular formula is C28H36N4O3. The first-order valence-electron chi connectivity index (χ1n) is 12.4. The molecule has 35 heavy (non-hydrogen) atoms. The SMILES string of the molecule is CCN1CCc2c(c(CN(CC(C)C)C(=O)OCc3ccccc3)nn2-c2ccccc2OC)C1. The number of methoxy groups -OCH3 is 1. The molecule has 1 aliphatic heterocycles. The normalized spacial score (nSPS) is 13.5. The number of carbonyl (C=O) groups excluding carboxylic acids is 1. The summed E-state index contributed by atoms with van der Waals surface area (Å²) >= 11 is 0. The van der Waals surface area contributed by atoms with Gasteiger partial charge in [-0.25, -0.2) is 9.48 Å². The minimum atomic E-state index is -0.314. The fraction of sp³-hybridized carbons (Fsp3) is 0.429. The van der Waals surface area contributed by atoms with Crippen LogP contribution >= 0.6 is 0 Å². The first-order valence-corrected chi connectivity index (χ1v) is 12.4. The molecule has 3 aromatic rings. The zero-order chi connectivity index (χ0) is 24.8. The van der Waals surface area contributed by atoms with Crippen LogP contribution in [0, 0.1) is 5.92 Å². The van der Waals surface area contributed by atoms with Gasteiger partial charge in [0.1, 0.15) is 18.0 Å². The van der Waals surface area contributed by atoms with Gasteiger partial charge in [0.05, 0.1) is 25.0 Å². The lowest BCUT2D eigenvalue weighted by molar-refractivity contribution is 0.0886. The molecule has 0 radical (unpaired) electrons. The van der Waals surface area contributed by atoms with Gasteiger partial charge in [-0.3, -0.25) is 4.90 Å². The van der Waals surface area contributed by atoms with Crippen molar-refractivity contribution in [3.8, 4) is 11.4 Å². The van der Waals surface area contributed by atoms with Gasteiger partial charge >= 0.3 is 6.09 Å². The number of hydrogen-bond acceptors (Lipinski definition) is 5. The van der Waals surface area contributed by atoms with Gasteiger partial charge < -0.3 is 14.4 Å². The summed E-state index contributed by atoms with van der Waals surface area (Å²) in [5.74, 6) is 1.09. The second kappa shape index (κ2) is 11.4. The summed E-state index contributed by atoms with van der Waals surface area (Å²) in [5, 5.41) is 5.05. The molecule has 4 rings (SSSR count). The Morgan fingerprint density at radius 3 is 2.57 bits per heavy atom. The van der Waals surface area contributed by atoms with Crippen molar-refractivity contribution in [2.45, 2.75) is 46.9 Å². The zero-order valence-corrected chi connectivity index (χ0v) is 21.2. The van der Waals surface area contributed by atoms with Crippen LogP contribution in [0.1, 0.15) is 43.3 Å². The zero-order valence-electron chi connectivity index (χ0n) is 21.2. The molecule has 2 heterocycles. The van der Waals surface area contributed by atoms with Gasteiger partial charge in [0.15, 0.2) is 0 Å². The monoisotopic (exact) mass is 476 g/mol. The number of carbonyl (C=O) groups is 1. The summed E-state index contributed by atoms with van der Waals surface area (Å²) in [6.45, 7) is 10.5. The van der Waals surface area contributed by atoms with Gasteiger partial charge in [0.2, 0.25) is 0 Å². The van der Waals surface area contributed by atoms with Gasteiger partial charge in [0, 0.05) is 31.6 Å². The number of rotatable bonds is 9.